The van der Waals surface area contributed by atoms with E-state index in [0.29, 0.717) is 12.0 Å². The predicted octanol–water partition coefficient (Wildman–Crippen LogP) is 3.52. The van der Waals surface area contributed by atoms with Gasteiger partial charge in [-0.25, -0.2) is 0 Å². The Morgan fingerprint density at radius 1 is 1.25 bits per heavy atom. The molecule has 1 aromatic heterocycles. The smallest absolute Gasteiger partial charge is 0.0658 e. The molecule has 20 heavy (non-hydrogen) atoms. The predicted molar refractivity (Wildman–Crippen MR) is 83.0 cm³/mol. The van der Waals surface area contributed by atoms with E-state index in [0.717, 1.165) is 13.1 Å². The molecule has 1 aliphatic rings. The minimum atomic E-state index is 0.513. The van der Waals surface area contributed by atoms with Crippen molar-refractivity contribution in [2.75, 3.05) is 13.1 Å². The first-order valence-corrected chi connectivity index (χ1v) is 7.52. The van der Waals surface area contributed by atoms with E-state index in [9.17, 15) is 0 Å². The van der Waals surface area contributed by atoms with Gasteiger partial charge in [-0.3, -0.25) is 4.68 Å². The summed E-state index contributed by atoms with van der Waals surface area (Å²) in [5.41, 5.74) is 5.19. The van der Waals surface area contributed by atoms with Gasteiger partial charge < -0.3 is 5.32 Å². The Bertz CT molecular complexity index is 575. The van der Waals surface area contributed by atoms with Gasteiger partial charge in [0.25, 0.3) is 0 Å². The maximum Gasteiger partial charge on any atom is 0.0658 e. The molecular weight excluding hydrogens is 246 g/mol. The van der Waals surface area contributed by atoms with Crippen LogP contribution in [0.1, 0.15) is 43.5 Å². The molecule has 0 aliphatic carbocycles. The van der Waals surface area contributed by atoms with Crippen LogP contribution in [0.15, 0.2) is 30.5 Å². The van der Waals surface area contributed by atoms with E-state index in [2.05, 4.69) is 60.1 Å². The number of nitrogens with zero attached hydrogens (tertiary/aromatic N) is 2. The molecule has 106 valence electrons. The molecule has 0 spiro atoms. The van der Waals surface area contributed by atoms with E-state index in [-0.39, 0.29) is 0 Å². The maximum atomic E-state index is 4.61. The summed E-state index contributed by atoms with van der Waals surface area (Å²) in [7, 11) is 0. The van der Waals surface area contributed by atoms with E-state index in [1.54, 1.807) is 0 Å². The van der Waals surface area contributed by atoms with Gasteiger partial charge in [0.2, 0.25) is 0 Å². The molecule has 3 heteroatoms. The molecule has 1 fully saturated rings. The fraction of sp³-hybridized carbons (Fsp3) is 0.471. The summed E-state index contributed by atoms with van der Waals surface area (Å²) in [6, 6.07) is 9.41. The van der Waals surface area contributed by atoms with Crippen LogP contribution in [0, 0.1) is 6.92 Å². The zero-order valence-electron chi connectivity index (χ0n) is 12.6. The average Bonchev–Trinajstić information content (AvgIpc) is 3.08. The minimum absolute atomic E-state index is 0.513. The second-order valence-electron chi connectivity index (χ2n) is 6.01. The highest BCUT2D eigenvalue weighted by atomic mass is 15.3. The second-order valence-corrected chi connectivity index (χ2v) is 6.01. The Hall–Kier alpha value is -1.61. The molecule has 1 aromatic carbocycles. The largest absolute Gasteiger partial charge is 0.315 e. The molecule has 3 rings (SSSR count). The Balaban J connectivity index is 1.90. The molecule has 1 saturated heterocycles. The molecule has 0 amide bonds. The third kappa shape index (κ3) is 2.38. The second kappa shape index (κ2) is 5.41. The van der Waals surface area contributed by atoms with Crippen LogP contribution in [0.5, 0.6) is 0 Å². The fourth-order valence-electron chi connectivity index (χ4n) is 2.97. The van der Waals surface area contributed by atoms with Crippen LogP contribution < -0.4 is 5.32 Å². The van der Waals surface area contributed by atoms with Crippen LogP contribution in [-0.4, -0.2) is 22.9 Å². The highest BCUT2D eigenvalue weighted by Crippen LogP contribution is 2.28. The normalized spacial score (nSPS) is 18.9. The van der Waals surface area contributed by atoms with Gasteiger partial charge in [0.05, 0.1) is 12.2 Å². The number of rotatable bonds is 3. The third-order valence-corrected chi connectivity index (χ3v) is 4.31. The van der Waals surface area contributed by atoms with Gasteiger partial charge in [-0.2, -0.15) is 5.10 Å². The van der Waals surface area contributed by atoms with Gasteiger partial charge >= 0.3 is 0 Å². The molecule has 2 aromatic rings. The summed E-state index contributed by atoms with van der Waals surface area (Å²) in [4.78, 5) is 0. The van der Waals surface area contributed by atoms with Crippen molar-refractivity contribution < 1.29 is 0 Å². The first-order valence-electron chi connectivity index (χ1n) is 7.52. The van der Waals surface area contributed by atoms with Gasteiger partial charge in [0.1, 0.15) is 0 Å². The summed E-state index contributed by atoms with van der Waals surface area (Å²) < 4.78 is 2.19. The molecule has 2 heterocycles. The zero-order valence-corrected chi connectivity index (χ0v) is 12.6. The van der Waals surface area contributed by atoms with Gasteiger partial charge in [-0.05, 0) is 36.9 Å². The molecule has 1 N–H and O–H groups in total. The van der Waals surface area contributed by atoms with Crippen molar-refractivity contribution in [1.82, 2.24) is 15.1 Å². The first-order chi connectivity index (χ1) is 9.66. The molecule has 1 atom stereocenters. The molecule has 1 aliphatic heterocycles. The van der Waals surface area contributed by atoms with Crippen molar-refractivity contribution in [2.24, 2.45) is 0 Å². The highest BCUT2D eigenvalue weighted by Gasteiger charge is 2.20. The van der Waals surface area contributed by atoms with Crippen molar-refractivity contribution in [1.29, 1.82) is 0 Å². The number of aromatic nitrogens is 2. The Morgan fingerprint density at radius 3 is 2.60 bits per heavy atom. The topological polar surface area (TPSA) is 29.9 Å². The monoisotopic (exact) mass is 269 g/mol. The Morgan fingerprint density at radius 2 is 2.00 bits per heavy atom. The van der Waals surface area contributed by atoms with Crippen LogP contribution in [0.3, 0.4) is 0 Å². The van der Waals surface area contributed by atoms with Gasteiger partial charge in [-0.15, -0.1) is 0 Å². The molecular formula is C17H23N3. The highest BCUT2D eigenvalue weighted by molar-refractivity contribution is 5.65. The van der Waals surface area contributed by atoms with Crippen molar-refractivity contribution in [3.8, 4) is 11.1 Å². The van der Waals surface area contributed by atoms with Gasteiger partial charge in [0, 0.05) is 17.8 Å². The lowest BCUT2D eigenvalue weighted by Gasteiger charge is -2.12. The lowest BCUT2D eigenvalue weighted by molar-refractivity contribution is 0.480. The third-order valence-electron chi connectivity index (χ3n) is 4.31. The lowest BCUT2D eigenvalue weighted by Crippen LogP contribution is -2.15. The number of nitrogens with one attached hydrogen (secondary N) is 1. The van der Waals surface area contributed by atoms with Crippen molar-refractivity contribution in [3.05, 3.63) is 41.7 Å². The number of benzene rings is 1. The van der Waals surface area contributed by atoms with Crippen molar-refractivity contribution in [3.63, 3.8) is 0 Å². The average molecular weight is 269 g/mol. The number of hydrogen-bond acceptors (Lipinski definition) is 2. The van der Waals surface area contributed by atoms with E-state index in [4.69, 9.17) is 0 Å². The minimum Gasteiger partial charge on any atom is -0.315 e. The summed E-state index contributed by atoms with van der Waals surface area (Å²) in [5.74, 6) is 0.581. The zero-order chi connectivity index (χ0) is 14.1. The summed E-state index contributed by atoms with van der Waals surface area (Å²) in [6.07, 6.45) is 3.19. The van der Waals surface area contributed by atoms with Gasteiger partial charge in [-0.1, -0.05) is 38.1 Å². The van der Waals surface area contributed by atoms with Crippen molar-refractivity contribution in [2.45, 2.75) is 39.2 Å². The van der Waals surface area contributed by atoms with Crippen LogP contribution in [0.4, 0.5) is 0 Å². The Kier molecular flexibility index (Phi) is 3.62. The van der Waals surface area contributed by atoms with Crippen LogP contribution in [-0.2, 0) is 0 Å². The molecule has 3 nitrogen and oxygen atoms in total. The van der Waals surface area contributed by atoms with Gasteiger partial charge in [0.15, 0.2) is 0 Å². The SMILES string of the molecule is Cc1c(-c2ccc(C(C)C)cc2)cnn1C1CCNC1. The fourth-order valence-corrected chi connectivity index (χ4v) is 2.97. The summed E-state index contributed by atoms with van der Waals surface area (Å²) in [6.45, 7) is 8.77. The summed E-state index contributed by atoms with van der Waals surface area (Å²) in [5, 5.41) is 8.01. The summed E-state index contributed by atoms with van der Waals surface area (Å²) >= 11 is 0. The van der Waals surface area contributed by atoms with Crippen molar-refractivity contribution >= 4 is 0 Å². The number of hydrogen-bond donors (Lipinski definition) is 1. The molecule has 0 bridgehead atoms. The van der Waals surface area contributed by atoms with E-state index < -0.39 is 0 Å². The Labute approximate surface area is 121 Å². The van der Waals surface area contributed by atoms with Crippen LogP contribution >= 0.6 is 0 Å². The maximum absolute atomic E-state index is 4.61. The first kappa shape index (κ1) is 13.4. The molecule has 0 saturated carbocycles. The van der Waals surface area contributed by atoms with E-state index in [1.807, 2.05) is 6.20 Å². The molecule has 0 radical (unpaired) electrons. The quantitative estimate of drug-likeness (QED) is 0.924. The lowest BCUT2D eigenvalue weighted by atomic mass is 9.99. The van der Waals surface area contributed by atoms with E-state index >= 15 is 0 Å². The van der Waals surface area contributed by atoms with Crippen LogP contribution in [0.2, 0.25) is 0 Å². The van der Waals surface area contributed by atoms with E-state index in [1.165, 1.54) is 28.8 Å². The standard InChI is InChI=1S/C17H23N3/c1-12(2)14-4-6-15(7-5-14)17-11-19-20(13(17)3)16-8-9-18-10-16/h4-7,11-12,16,18H,8-10H2,1-3H3. The molecule has 1 unspecified atom stereocenters. The van der Waals surface area contributed by atoms with Crippen LogP contribution in [0.25, 0.3) is 11.1 Å².